The molecule has 8 nitrogen and oxygen atoms in total. The molecule has 138 valence electrons. The number of hydrogen-bond acceptors (Lipinski definition) is 6. The quantitative estimate of drug-likeness (QED) is 0.373. The van der Waals surface area contributed by atoms with Gasteiger partial charge in [-0.25, -0.2) is 4.98 Å². The van der Waals surface area contributed by atoms with Gasteiger partial charge >= 0.3 is 0 Å². The predicted molar refractivity (Wildman–Crippen MR) is 97.8 cm³/mol. The Morgan fingerprint density at radius 2 is 1.64 bits per heavy atom. The van der Waals surface area contributed by atoms with Crippen LogP contribution in [-0.2, 0) is 0 Å². The van der Waals surface area contributed by atoms with Crippen molar-refractivity contribution in [3.8, 4) is 28.3 Å². The lowest BCUT2D eigenvalue weighted by molar-refractivity contribution is -0.392. The summed E-state index contributed by atoms with van der Waals surface area (Å²) in [4.78, 5) is 25.2. The van der Waals surface area contributed by atoms with E-state index in [4.69, 9.17) is 0 Å². The number of aryl methyl sites for hydroxylation is 1. The molecule has 0 atom stereocenters. The van der Waals surface area contributed by atoms with Crippen LogP contribution in [0.25, 0.3) is 22.3 Å². The molecule has 0 aliphatic carbocycles. The number of nitro groups is 2. The van der Waals surface area contributed by atoms with Crippen LogP contribution in [0.15, 0.2) is 48.7 Å². The molecule has 9 heteroatoms. The number of rotatable bonds is 4. The molecule has 0 saturated carbocycles. The molecule has 3 rings (SSSR count). The lowest BCUT2D eigenvalue weighted by Crippen LogP contribution is -2.02. The molecule has 0 fully saturated rings. The number of hydrogen-bond donors (Lipinski definition) is 0. The monoisotopic (exact) mass is 378 g/mol. The largest absolute Gasteiger partial charge is 0.284 e. The summed E-state index contributed by atoms with van der Waals surface area (Å²) in [6.07, 6.45) is 1.22. The van der Waals surface area contributed by atoms with Crippen LogP contribution in [0.4, 0.5) is 15.8 Å². The average Bonchev–Trinajstić information content (AvgIpc) is 2.68. The first-order valence-electron chi connectivity index (χ1n) is 7.92. The van der Waals surface area contributed by atoms with Crippen LogP contribution in [0.3, 0.4) is 0 Å². The SMILES string of the molecule is Cc1cnc(F)c(-c2c([N+](=O)[O-])cc(-c3ccccc3C#N)cc2[N+](=O)[O-])c1. The molecule has 0 bridgehead atoms. The fourth-order valence-electron chi connectivity index (χ4n) is 2.89. The molecule has 1 heterocycles. The second-order valence-corrected chi connectivity index (χ2v) is 5.91. The number of pyridine rings is 1. The van der Waals surface area contributed by atoms with Gasteiger partial charge in [0.15, 0.2) is 0 Å². The average molecular weight is 378 g/mol. The first-order valence-corrected chi connectivity index (χ1v) is 7.92. The van der Waals surface area contributed by atoms with Crippen molar-refractivity contribution >= 4 is 11.4 Å². The minimum Gasteiger partial charge on any atom is -0.258 e. The Labute approximate surface area is 157 Å². The zero-order valence-corrected chi connectivity index (χ0v) is 14.4. The van der Waals surface area contributed by atoms with Gasteiger partial charge in [0.05, 0.1) is 27.0 Å². The van der Waals surface area contributed by atoms with Gasteiger partial charge in [0.25, 0.3) is 11.4 Å². The van der Waals surface area contributed by atoms with Gasteiger partial charge in [0.2, 0.25) is 5.95 Å². The number of benzene rings is 2. The van der Waals surface area contributed by atoms with E-state index < -0.39 is 32.7 Å². The van der Waals surface area contributed by atoms with Crippen LogP contribution in [0, 0.1) is 44.4 Å². The molecule has 0 radical (unpaired) electrons. The van der Waals surface area contributed by atoms with E-state index in [0.29, 0.717) is 11.1 Å². The van der Waals surface area contributed by atoms with Gasteiger partial charge in [0.1, 0.15) is 5.56 Å². The predicted octanol–water partition coefficient (Wildman–Crippen LogP) is 4.55. The molecule has 1 aromatic heterocycles. The first kappa shape index (κ1) is 18.6. The zero-order valence-electron chi connectivity index (χ0n) is 14.4. The molecule has 0 spiro atoms. The van der Waals surface area contributed by atoms with Crippen molar-refractivity contribution in [2.24, 2.45) is 0 Å². The van der Waals surface area contributed by atoms with Gasteiger partial charge in [0, 0.05) is 18.3 Å². The normalized spacial score (nSPS) is 10.3. The van der Waals surface area contributed by atoms with Crippen molar-refractivity contribution in [1.82, 2.24) is 4.98 Å². The van der Waals surface area contributed by atoms with Crippen molar-refractivity contribution in [3.05, 3.63) is 86.0 Å². The highest BCUT2D eigenvalue weighted by molar-refractivity contribution is 5.88. The fraction of sp³-hybridized carbons (Fsp3) is 0.0526. The molecule has 2 aromatic carbocycles. The first-order chi connectivity index (χ1) is 13.3. The molecular weight excluding hydrogens is 367 g/mol. The molecule has 3 aromatic rings. The standard InChI is InChI=1S/C19H11FN4O4/c1-11-6-15(19(20)22-10-11)18-16(23(25)26)7-13(8-17(18)24(27)28)14-5-3-2-4-12(14)9-21/h2-8,10H,1H3. The number of nitriles is 1. The maximum atomic E-state index is 14.3. The summed E-state index contributed by atoms with van der Waals surface area (Å²) in [5.41, 5.74) is -1.01. The molecule has 0 aliphatic rings. The Morgan fingerprint density at radius 3 is 2.21 bits per heavy atom. The van der Waals surface area contributed by atoms with Gasteiger partial charge in [-0.1, -0.05) is 18.2 Å². The Hall–Kier alpha value is -4.19. The highest BCUT2D eigenvalue weighted by Gasteiger charge is 2.31. The number of halogens is 1. The molecular formula is C19H11FN4O4. The van der Waals surface area contributed by atoms with E-state index in [9.17, 15) is 29.9 Å². The van der Waals surface area contributed by atoms with E-state index in [1.165, 1.54) is 24.4 Å². The molecule has 0 saturated heterocycles. The highest BCUT2D eigenvalue weighted by atomic mass is 19.1. The van der Waals surface area contributed by atoms with Crippen LogP contribution in [-0.4, -0.2) is 14.8 Å². The van der Waals surface area contributed by atoms with Gasteiger partial charge < -0.3 is 0 Å². The van der Waals surface area contributed by atoms with Gasteiger partial charge in [-0.3, -0.25) is 20.2 Å². The summed E-state index contributed by atoms with van der Waals surface area (Å²) >= 11 is 0. The molecule has 0 unspecified atom stereocenters. The smallest absolute Gasteiger partial charge is 0.258 e. The molecule has 28 heavy (non-hydrogen) atoms. The third-order valence-electron chi connectivity index (χ3n) is 4.09. The van der Waals surface area contributed by atoms with Crippen LogP contribution < -0.4 is 0 Å². The van der Waals surface area contributed by atoms with Crippen LogP contribution in [0.1, 0.15) is 11.1 Å². The summed E-state index contributed by atoms with van der Waals surface area (Å²) in [6.45, 7) is 1.59. The van der Waals surface area contributed by atoms with Crippen molar-refractivity contribution < 1.29 is 14.2 Å². The number of nitrogens with zero attached hydrogens (tertiary/aromatic N) is 4. The van der Waals surface area contributed by atoms with E-state index in [1.807, 2.05) is 6.07 Å². The number of aromatic nitrogens is 1. The van der Waals surface area contributed by atoms with Crippen LogP contribution >= 0.6 is 0 Å². The topological polar surface area (TPSA) is 123 Å². The summed E-state index contributed by atoms with van der Waals surface area (Å²) in [6, 6.07) is 11.6. The van der Waals surface area contributed by atoms with Crippen LogP contribution in [0.2, 0.25) is 0 Å². The maximum absolute atomic E-state index is 14.3. The Kier molecular flexibility index (Phi) is 4.78. The summed E-state index contributed by atoms with van der Waals surface area (Å²) < 4.78 is 14.3. The lowest BCUT2D eigenvalue weighted by Gasteiger charge is -2.10. The van der Waals surface area contributed by atoms with Crippen molar-refractivity contribution in [3.63, 3.8) is 0 Å². The minimum absolute atomic E-state index is 0.111. The van der Waals surface area contributed by atoms with Gasteiger partial charge in [-0.05, 0) is 35.7 Å². The second-order valence-electron chi connectivity index (χ2n) is 5.91. The van der Waals surface area contributed by atoms with E-state index in [-0.39, 0.29) is 16.7 Å². The van der Waals surface area contributed by atoms with E-state index in [2.05, 4.69) is 4.98 Å². The Morgan fingerprint density at radius 1 is 1.04 bits per heavy atom. The minimum atomic E-state index is -1.05. The van der Waals surface area contributed by atoms with E-state index in [1.54, 1.807) is 19.1 Å². The Bertz CT molecular complexity index is 1140. The van der Waals surface area contributed by atoms with E-state index >= 15 is 0 Å². The fourth-order valence-corrected chi connectivity index (χ4v) is 2.89. The molecule has 0 aliphatic heterocycles. The van der Waals surface area contributed by atoms with Crippen LogP contribution in [0.5, 0.6) is 0 Å². The molecule has 0 amide bonds. The number of nitro benzene ring substituents is 2. The van der Waals surface area contributed by atoms with Crippen molar-refractivity contribution in [2.75, 3.05) is 0 Å². The van der Waals surface area contributed by atoms with Gasteiger partial charge in [-0.2, -0.15) is 9.65 Å². The van der Waals surface area contributed by atoms with Crippen molar-refractivity contribution in [1.29, 1.82) is 5.26 Å². The third kappa shape index (κ3) is 3.26. The summed E-state index contributed by atoms with van der Waals surface area (Å²) in [5.74, 6) is -1.05. The third-order valence-corrected chi connectivity index (χ3v) is 4.09. The molecule has 0 N–H and O–H groups in total. The maximum Gasteiger partial charge on any atom is 0.284 e. The Balaban J connectivity index is 2.42. The summed E-state index contributed by atoms with van der Waals surface area (Å²) in [5, 5.41) is 32.6. The zero-order chi connectivity index (χ0) is 20.4. The van der Waals surface area contributed by atoms with Gasteiger partial charge in [-0.15, -0.1) is 0 Å². The highest BCUT2D eigenvalue weighted by Crippen LogP contribution is 2.42. The van der Waals surface area contributed by atoms with E-state index in [0.717, 1.165) is 12.1 Å². The summed E-state index contributed by atoms with van der Waals surface area (Å²) in [7, 11) is 0. The lowest BCUT2D eigenvalue weighted by atomic mass is 9.94. The van der Waals surface area contributed by atoms with Crippen molar-refractivity contribution in [2.45, 2.75) is 6.92 Å². The second kappa shape index (κ2) is 7.20.